The molecule has 0 N–H and O–H groups in total. The van der Waals surface area contributed by atoms with E-state index in [1.165, 1.54) is 0 Å². The van der Waals surface area contributed by atoms with Gasteiger partial charge in [-0.05, 0) is 18.6 Å². The number of rotatable bonds is 1. The molecule has 1 aliphatic rings. The van der Waals surface area contributed by atoms with Gasteiger partial charge in [-0.2, -0.15) is 0 Å². The number of thiol groups is 1. The molecule has 0 aliphatic carbocycles. The Bertz CT molecular complexity index is 476. The number of hydrogen-bond donors (Lipinski definition) is 1. The van der Waals surface area contributed by atoms with E-state index in [2.05, 4.69) is 12.6 Å². The third kappa shape index (κ3) is 2.67. The minimum absolute atomic E-state index is 0.0162. The van der Waals surface area contributed by atoms with Crippen molar-refractivity contribution in [2.24, 2.45) is 0 Å². The second-order valence-electron chi connectivity index (χ2n) is 4.41. The van der Waals surface area contributed by atoms with Crippen LogP contribution in [-0.2, 0) is 4.79 Å². The zero-order valence-electron chi connectivity index (χ0n) is 10.3. The minimum atomic E-state index is -0.121. The van der Waals surface area contributed by atoms with Gasteiger partial charge in [0.15, 0.2) is 0 Å². The molecular formula is C13H16N2O2S. The van der Waals surface area contributed by atoms with E-state index in [-0.39, 0.29) is 18.4 Å². The summed E-state index contributed by atoms with van der Waals surface area (Å²) in [4.78, 5) is 28.0. The summed E-state index contributed by atoms with van der Waals surface area (Å²) in [7, 11) is 1.77. The Balaban J connectivity index is 2.19. The highest BCUT2D eigenvalue weighted by molar-refractivity contribution is 7.80. The number of likely N-dealkylation sites (N-methyl/N-ethyl adjacent to an activating group) is 1. The first-order valence-corrected chi connectivity index (χ1v) is 6.35. The molecular weight excluding hydrogens is 248 g/mol. The molecule has 18 heavy (non-hydrogen) atoms. The Morgan fingerprint density at radius 2 is 2.00 bits per heavy atom. The van der Waals surface area contributed by atoms with Crippen LogP contribution in [0.5, 0.6) is 0 Å². The van der Waals surface area contributed by atoms with Crippen LogP contribution in [0.15, 0.2) is 29.2 Å². The Labute approximate surface area is 112 Å². The predicted molar refractivity (Wildman–Crippen MR) is 71.9 cm³/mol. The van der Waals surface area contributed by atoms with Gasteiger partial charge < -0.3 is 9.80 Å². The Kier molecular flexibility index (Phi) is 3.91. The summed E-state index contributed by atoms with van der Waals surface area (Å²) in [6, 6.07) is 7.16. The van der Waals surface area contributed by atoms with Crippen molar-refractivity contribution in [2.75, 3.05) is 26.7 Å². The van der Waals surface area contributed by atoms with E-state index in [0.29, 0.717) is 23.5 Å². The van der Waals surface area contributed by atoms with Gasteiger partial charge in [-0.15, -0.1) is 12.6 Å². The standard InChI is InChI=1S/C13H16N2O2S/c1-14-7-4-8-15(9-12(14)16)13(17)10-5-2-3-6-11(10)18/h2-3,5-6,18H,4,7-9H2,1H3. The summed E-state index contributed by atoms with van der Waals surface area (Å²) in [5, 5.41) is 0. The van der Waals surface area contributed by atoms with Crippen LogP contribution in [0, 0.1) is 0 Å². The summed E-state index contributed by atoms with van der Waals surface area (Å²) >= 11 is 4.28. The van der Waals surface area contributed by atoms with Crippen molar-refractivity contribution in [1.82, 2.24) is 9.80 Å². The number of carbonyl (C=O) groups is 2. The van der Waals surface area contributed by atoms with Gasteiger partial charge in [0, 0.05) is 25.0 Å². The largest absolute Gasteiger partial charge is 0.344 e. The first-order chi connectivity index (χ1) is 8.59. The zero-order valence-corrected chi connectivity index (χ0v) is 11.2. The minimum Gasteiger partial charge on any atom is -0.344 e. The number of benzene rings is 1. The summed E-state index contributed by atoms with van der Waals surface area (Å²) in [6.07, 6.45) is 0.808. The van der Waals surface area contributed by atoms with Crippen molar-refractivity contribution in [3.8, 4) is 0 Å². The number of hydrogen-bond acceptors (Lipinski definition) is 3. The van der Waals surface area contributed by atoms with Crippen LogP contribution < -0.4 is 0 Å². The molecule has 1 aromatic rings. The van der Waals surface area contributed by atoms with E-state index in [9.17, 15) is 9.59 Å². The lowest BCUT2D eigenvalue weighted by Crippen LogP contribution is -2.38. The monoisotopic (exact) mass is 264 g/mol. The average Bonchev–Trinajstić information content (AvgIpc) is 2.52. The topological polar surface area (TPSA) is 40.6 Å². The van der Waals surface area contributed by atoms with Crippen molar-refractivity contribution in [3.05, 3.63) is 29.8 Å². The molecule has 0 bridgehead atoms. The maximum Gasteiger partial charge on any atom is 0.255 e. The molecule has 1 fully saturated rings. The third-order valence-electron chi connectivity index (χ3n) is 3.10. The molecule has 96 valence electrons. The van der Waals surface area contributed by atoms with E-state index in [0.717, 1.165) is 6.42 Å². The smallest absolute Gasteiger partial charge is 0.255 e. The summed E-state index contributed by atoms with van der Waals surface area (Å²) in [5.74, 6) is -0.137. The molecule has 1 saturated heterocycles. The summed E-state index contributed by atoms with van der Waals surface area (Å²) in [6.45, 7) is 1.46. The van der Waals surface area contributed by atoms with Crippen LogP contribution in [0.4, 0.5) is 0 Å². The highest BCUT2D eigenvalue weighted by Gasteiger charge is 2.24. The zero-order chi connectivity index (χ0) is 13.1. The second kappa shape index (κ2) is 5.44. The van der Waals surface area contributed by atoms with Gasteiger partial charge in [0.25, 0.3) is 5.91 Å². The molecule has 4 nitrogen and oxygen atoms in total. The van der Waals surface area contributed by atoms with Crippen LogP contribution in [0.1, 0.15) is 16.8 Å². The highest BCUT2D eigenvalue weighted by Crippen LogP contribution is 2.16. The molecule has 5 heteroatoms. The Hall–Kier alpha value is -1.49. The van der Waals surface area contributed by atoms with Gasteiger partial charge in [-0.3, -0.25) is 9.59 Å². The van der Waals surface area contributed by atoms with Crippen LogP contribution in [-0.4, -0.2) is 48.3 Å². The van der Waals surface area contributed by atoms with Crippen molar-refractivity contribution < 1.29 is 9.59 Å². The molecule has 0 unspecified atom stereocenters. The van der Waals surface area contributed by atoms with E-state index >= 15 is 0 Å². The Morgan fingerprint density at radius 1 is 1.28 bits per heavy atom. The molecule has 1 aliphatic heterocycles. The van der Waals surface area contributed by atoms with Crippen LogP contribution in [0.2, 0.25) is 0 Å². The molecule has 0 aromatic heterocycles. The van der Waals surface area contributed by atoms with E-state index < -0.39 is 0 Å². The second-order valence-corrected chi connectivity index (χ2v) is 4.89. The SMILES string of the molecule is CN1CCCN(C(=O)c2ccccc2S)CC1=O. The quantitative estimate of drug-likeness (QED) is 0.776. The third-order valence-corrected chi connectivity index (χ3v) is 3.49. The predicted octanol–water partition coefficient (Wildman–Crippen LogP) is 1.28. The van der Waals surface area contributed by atoms with Gasteiger partial charge in [0.2, 0.25) is 5.91 Å². The van der Waals surface area contributed by atoms with E-state index in [1.54, 1.807) is 35.0 Å². The van der Waals surface area contributed by atoms with Crippen molar-refractivity contribution in [3.63, 3.8) is 0 Å². The molecule has 1 heterocycles. The van der Waals surface area contributed by atoms with E-state index in [1.807, 2.05) is 6.07 Å². The molecule has 2 amide bonds. The first-order valence-electron chi connectivity index (χ1n) is 5.91. The van der Waals surface area contributed by atoms with Gasteiger partial charge in [-0.25, -0.2) is 0 Å². The fourth-order valence-electron chi connectivity index (χ4n) is 1.98. The van der Waals surface area contributed by atoms with Crippen LogP contribution >= 0.6 is 12.6 Å². The number of nitrogens with zero attached hydrogens (tertiary/aromatic N) is 2. The van der Waals surface area contributed by atoms with Crippen molar-refractivity contribution in [2.45, 2.75) is 11.3 Å². The first kappa shape index (κ1) is 13.0. The number of carbonyl (C=O) groups excluding carboxylic acids is 2. The lowest BCUT2D eigenvalue weighted by Gasteiger charge is -2.20. The van der Waals surface area contributed by atoms with Crippen molar-refractivity contribution >= 4 is 24.4 Å². The highest BCUT2D eigenvalue weighted by atomic mass is 32.1. The summed E-state index contributed by atoms with van der Waals surface area (Å²) < 4.78 is 0. The molecule has 0 atom stereocenters. The van der Waals surface area contributed by atoms with Crippen LogP contribution in [0.3, 0.4) is 0 Å². The maximum atomic E-state index is 12.3. The molecule has 0 radical (unpaired) electrons. The Morgan fingerprint density at radius 3 is 2.72 bits per heavy atom. The average molecular weight is 264 g/mol. The fraction of sp³-hybridized carbons (Fsp3) is 0.385. The fourth-order valence-corrected chi connectivity index (χ4v) is 2.24. The summed E-state index contributed by atoms with van der Waals surface area (Å²) in [5.41, 5.74) is 0.554. The lowest BCUT2D eigenvalue weighted by molar-refractivity contribution is -0.129. The van der Waals surface area contributed by atoms with Gasteiger partial charge in [0.1, 0.15) is 6.54 Å². The number of amides is 2. The van der Waals surface area contributed by atoms with Crippen LogP contribution in [0.25, 0.3) is 0 Å². The maximum absolute atomic E-state index is 12.3. The molecule has 0 saturated carbocycles. The molecule has 0 spiro atoms. The van der Waals surface area contributed by atoms with Gasteiger partial charge in [0.05, 0.1) is 5.56 Å². The van der Waals surface area contributed by atoms with E-state index in [4.69, 9.17) is 0 Å². The van der Waals surface area contributed by atoms with Gasteiger partial charge >= 0.3 is 0 Å². The van der Waals surface area contributed by atoms with Crippen molar-refractivity contribution in [1.29, 1.82) is 0 Å². The normalized spacial score (nSPS) is 16.7. The lowest BCUT2D eigenvalue weighted by atomic mass is 10.2. The van der Waals surface area contributed by atoms with Gasteiger partial charge in [-0.1, -0.05) is 12.1 Å². The molecule has 1 aromatic carbocycles. The molecule has 2 rings (SSSR count).